The van der Waals surface area contributed by atoms with E-state index in [1.165, 1.54) is 12.1 Å². The molecule has 0 aliphatic carbocycles. The van der Waals surface area contributed by atoms with Crippen molar-refractivity contribution in [2.75, 3.05) is 26.2 Å². The van der Waals surface area contributed by atoms with Crippen LogP contribution in [0, 0.1) is 11.6 Å². The number of hydrogen-bond acceptors (Lipinski definition) is 3. The topological polar surface area (TPSA) is 28.4 Å². The van der Waals surface area contributed by atoms with E-state index in [9.17, 15) is 8.78 Å². The molecule has 5 heteroatoms. The predicted molar refractivity (Wildman–Crippen MR) is 71.4 cm³/mol. The first-order chi connectivity index (χ1) is 9.75. The lowest BCUT2D eigenvalue weighted by atomic mass is 10.0. The lowest BCUT2D eigenvalue weighted by molar-refractivity contribution is 0.179. The van der Waals surface area contributed by atoms with E-state index in [1.54, 1.807) is 12.3 Å². The van der Waals surface area contributed by atoms with E-state index in [2.05, 4.69) is 10.2 Å². The molecule has 0 amide bonds. The SMILES string of the molecule is Fc1ccc([C@H](c2ccco2)N2CCNCC2)cc1F. The summed E-state index contributed by atoms with van der Waals surface area (Å²) in [6.45, 7) is 3.43. The molecule has 1 aliphatic heterocycles. The van der Waals surface area contributed by atoms with E-state index in [1.807, 2.05) is 12.1 Å². The molecule has 0 spiro atoms. The second kappa shape index (κ2) is 5.73. The first kappa shape index (κ1) is 13.3. The number of piperazine rings is 1. The number of halogens is 2. The van der Waals surface area contributed by atoms with Crippen molar-refractivity contribution in [1.82, 2.24) is 10.2 Å². The molecule has 20 heavy (non-hydrogen) atoms. The molecule has 1 aromatic heterocycles. The Morgan fingerprint density at radius 3 is 2.55 bits per heavy atom. The first-order valence-corrected chi connectivity index (χ1v) is 6.69. The van der Waals surface area contributed by atoms with Crippen LogP contribution in [0.2, 0.25) is 0 Å². The summed E-state index contributed by atoms with van der Waals surface area (Å²) in [5.74, 6) is -0.903. The summed E-state index contributed by atoms with van der Waals surface area (Å²) in [5.41, 5.74) is 0.709. The quantitative estimate of drug-likeness (QED) is 0.935. The molecular formula is C15H16F2N2O. The van der Waals surface area contributed by atoms with Crippen LogP contribution in [0.3, 0.4) is 0 Å². The third-order valence-electron chi connectivity index (χ3n) is 3.59. The average molecular weight is 278 g/mol. The van der Waals surface area contributed by atoms with Gasteiger partial charge >= 0.3 is 0 Å². The van der Waals surface area contributed by atoms with Crippen molar-refractivity contribution in [3.63, 3.8) is 0 Å². The number of benzene rings is 1. The highest BCUT2D eigenvalue weighted by atomic mass is 19.2. The molecule has 3 nitrogen and oxygen atoms in total. The van der Waals surface area contributed by atoms with E-state index in [4.69, 9.17) is 4.42 Å². The summed E-state index contributed by atoms with van der Waals surface area (Å²) in [6, 6.07) is 7.54. The molecule has 3 rings (SSSR count). The minimum atomic E-state index is -0.827. The van der Waals surface area contributed by atoms with Crippen molar-refractivity contribution in [2.24, 2.45) is 0 Å². The zero-order valence-corrected chi connectivity index (χ0v) is 11.0. The van der Waals surface area contributed by atoms with Gasteiger partial charge in [0.2, 0.25) is 0 Å². The zero-order valence-electron chi connectivity index (χ0n) is 11.0. The van der Waals surface area contributed by atoms with Gasteiger partial charge in [0.05, 0.1) is 12.3 Å². The second-order valence-electron chi connectivity index (χ2n) is 4.88. The van der Waals surface area contributed by atoms with Crippen LogP contribution >= 0.6 is 0 Å². The van der Waals surface area contributed by atoms with Gasteiger partial charge in [0.1, 0.15) is 5.76 Å². The summed E-state index contributed by atoms with van der Waals surface area (Å²) in [5, 5.41) is 3.28. The maximum absolute atomic E-state index is 13.5. The van der Waals surface area contributed by atoms with Gasteiger partial charge in [-0.2, -0.15) is 0 Å². The van der Waals surface area contributed by atoms with Gasteiger partial charge in [-0.25, -0.2) is 8.78 Å². The molecule has 1 fully saturated rings. The van der Waals surface area contributed by atoms with Crippen LogP contribution in [0.15, 0.2) is 41.0 Å². The molecule has 1 aliphatic rings. The normalized spacial score (nSPS) is 18.1. The third kappa shape index (κ3) is 2.59. The highest BCUT2D eigenvalue weighted by Crippen LogP contribution is 2.30. The van der Waals surface area contributed by atoms with Crippen molar-refractivity contribution in [3.05, 3.63) is 59.6 Å². The van der Waals surface area contributed by atoms with Crippen molar-refractivity contribution in [2.45, 2.75) is 6.04 Å². The van der Waals surface area contributed by atoms with Crippen LogP contribution in [0.4, 0.5) is 8.78 Å². The van der Waals surface area contributed by atoms with Crippen LogP contribution in [0.1, 0.15) is 17.4 Å². The average Bonchev–Trinajstić information content (AvgIpc) is 2.98. The van der Waals surface area contributed by atoms with Crippen LogP contribution in [-0.2, 0) is 0 Å². The van der Waals surface area contributed by atoms with Crippen LogP contribution in [0.25, 0.3) is 0 Å². The summed E-state index contributed by atoms with van der Waals surface area (Å²) in [7, 11) is 0. The first-order valence-electron chi connectivity index (χ1n) is 6.69. The van der Waals surface area contributed by atoms with Gasteiger partial charge < -0.3 is 9.73 Å². The summed E-state index contributed by atoms with van der Waals surface area (Å²) in [6.07, 6.45) is 1.60. The van der Waals surface area contributed by atoms with Gasteiger partial charge in [0.15, 0.2) is 11.6 Å². The molecule has 2 heterocycles. The minimum Gasteiger partial charge on any atom is -0.467 e. The third-order valence-corrected chi connectivity index (χ3v) is 3.59. The monoisotopic (exact) mass is 278 g/mol. The molecule has 1 atom stereocenters. The Kier molecular flexibility index (Phi) is 3.80. The van der Waals surface area contributed by atoms with Crippen LogP contribution in [0.5, 0.6) is 0 Å². The van der Waals surface area contributed by atoms with Gasteiger partial charge in [-0.05, 0) is 29.8 Å². The molecular weight excluding hydrogens is 262 g/mol. The number of rotatable bonds is 3. The van der Waals surface area contributed by atoms with Gasteiger partial charge in [0.25, 0.3) is 0 Å². The predicted octanol–water partition coefficient (Wildman–Crippen LogP) is 2.55. The zero-order chi connectivity index (χ0) is 13.9. The lowest BCUT2D eigenvalue weighted by Gasteiger charge is -2.34. The molecule has 1 aromatic carbocycles. The molecule has 0 bridgehead atoms. The Hall–Kier alpha value is -1.72. The van der Waals surface area contributed by atoms with E-state index in [-0.39, 0.29) is 6.04 Å². The largest absolute Gasteiger partial charge is 0.467 e. The minimum absolute atomic E-state index is 0.179. The highest BCUT2D eigenvalue weighted by Gasteiger charge is 2.26. The van der Waals surface area contributed by atoms with Crippen molar-refractivity contribution < 1.29 is 13.2 Å². The van der Waals surface area contributed by atoms with Gasteiger partial charge in [-0.1, -0.05) is 6.07 Å². The standard InChI is InChI=1S/C15H16F2N2O/c16-12-4-3-11(10-13(12)17)15(14-2-1-9-20-14)19-7-5-18-6-8-19/h1-4,9-10,15,18H,5-8H2/t15-/m1/s1. The number of nitrogens with zero attached hydrogens (tertiary/aromatic N) is 1. The van der Waals surface area contributed by atoms with E-state index in [0.29, 0.717) is 5.56 Å². The van der Waals surface area contributed by atoms with E-state index >= 15 is 0 Å². The fraction of sp³-hybridized carbons (Fsp3) is 0.333. The van der Waals surface area contributed by atoms with Gasteiger partial charge in [0, 0.05) is 26.2 Å². The van der Waals surface area contributed by atoms with Crippen molar-refractivity contribution in [3.8, 4) is 0 Å². The Labute approximate surface area is 116 Å². The second-order valence-corrected chi connectivity index (χ2v) is 4.88. The summed E-state index contributed by atoms with van der Waals surface area (Å²) in [4.78, 5) is 2.21. The van der Waals surface area contributed by atoms with Gasteiger partial charge in [-0.3, -0.25) is 4.90 Å². The summed E-state index contributed by atoms with van der Waals surface area (Å²) < 4.78 is 32.1. The fourth-order valence-corrected chi connectivity index (χ4v) is 2.62. The van der Waals surface area contributed by atoms with Gasteiger partial charge in [-0.15, -0.1) is 0 Å². The summed E-state index contributed by atoms with van der Waals surface area (Å²) >= 11 is 0. The molecule has 0 unspecified atom stereocenters. The Balaban J connectivity index is 1.98. The lowest BCUT2D eigenvalue weighted by Crippen LogP contribution is -2.45. The van der Waals surface area contributed by atoms with Crippen molar-refractivity contribution >= 4 is 0 Å². The van der Waals surface area contributed by atoms with Crippen molar-refractivity contribution in [1.29, 1.82) is 0 Å². The van der Waals surface area contributed by atoms with Crippen LogP contribution < -0.4 is 5.32 Å². The maximum atomic E-state index is 13.5. The van der Waals surface area contributed by atoms with Crippen LogP contribution in [-0.4, -0.2) is 31.1 Å². The molecule has 0 radical (unpaired) electrons. The smallest absolute Gasteiger partial charge is 0.159 e. The van der Waals surface area contributed by atoms with E-state index in [0.717, 1.165) is 31.9 Å². The number of hydrogen-bond donors (Lipinski definition) is 1. The molecule has 1 N–H and O–H groups in total. The number of nitrogens with one attached hydrogen (secondary N) is 1. The fourth-order valence-electron chi connectivity index (χ4n) is 2.62. The Morgan fingerprint density at radius 1 is 1.10 bits per heavy atom. The number of furan rings is 1. The Bertz CT molecular complexity index is 565. The Morgan fingerprint density at radius 2 is 1.90 bits per heavy atom. The van der Waals surface area contributed by atoms with E-state index < -0.39 is 11.6 Å². The molecule has 1 saturated heterocycles. The molecule has 106 valence electrons. The highest BCUT2D eigenvalue weighted by molar-refractivity contribution is 5.28. The molecule has 0 saturated carbocycles. The molecule has 2 aromatic rings. The maximum Gasteiger partial charge on any atom is 0.159 e.